The van der Waals surface area contributed by atoms with Crippen LogP contribution >= 0.6 is 0 Å². The van der Waals surface area contributed by atoms with Crippen molar-refractivity contribution < 1.29 is 71.8 Å². The van der Waals surface area contributed by atoms with Crippen LogP contribution in [-0.2, 0) is 71.8 Å². The molecule has 0 saturated carbocycles. The Labute approximate surface area is 208 Å². The molecule has 0 unspecified atom stereocenters. The van der Waals surface area contributed by atoms with E-state index in [4.69, 9.17) is 0 Å². The van der Waals surface area contributed by atoms with Gasteiger partial charge in [0.25, 0.3) is 0 Å². The molecule has 0 aromatic carbocycles. The molecule has 0 aromatic heterocycles. The van der Waals surface area contributed by atoms with Crippen molar-refractivity contribution >= 4 is 14.4 Å². The van der Waals surface area contributed by atoms with Gasteiger partial charge in [0.1, 0.15) is 0 Å². The SMILES string of the molecule is C[CH2][Mn-][C]1=CC=CC1.C[CH2][Mn-][C]1=CC=CC1.C[CH2][Mn-][C]1=CC=CC1.O=[C]=[Mn+3](=[C]=O)=[C]=O. The zero-order valence-electron chi connectivity index (χ0n) is 18.2. The fourth-order valence-corrected chi connectivity index (χ4v) is 5.57. The molecule has 3 rings (SSSR count). The third-order valence-electron chi connectivity index (χ3n) is 3.33. The van der Waals surface area contributed by atoms with Gasteiger partial charge in [-0.1, -0.05) is 0 Å². The number of carbonyl (C=O) groups excluding carboxylic acids is 3. The van der Waals surface area contributed by atoms with Crippen molar-refractivity contribution in [2.75, 3.05) is 0 Å². The molecule has 0 aromatic rings. The number of rotatable bonds is 6. The summed E-state index contributed by atoms with van der Waals surface area (Å²) < 4.78 is 4.86. The van der Waals surface area contributed by atoms with Crippen LogP contribution in [0.25, 0.3) is 0 Å². The summed E-state index contributed by atoms with van der Waals surface area (Å²) in [6.45, 7) is 6.71. The predicted octanol–water partition coefficient (Wildman–Crippen LogP) is 5.86. The van der Waals surface area contributed by atoms with E-state index < -0.39 is 12.6 Å². The van der Waals surface area contributed by atoms with E-state index in [9.17, 15) is 14.4 Å². The first-order valence-electron chi connectivity index (χ1n) is 9.82. The van der Waals surface area contributed by atoms with Crippen molar-refractivity contribution in [3.63, 3.8) is 0 Å². The third-order valence-corrected chi connectivity index (χ3v) is 8.22. The van der Waals surface area contributed by atoms with Gasteiger partial charge in [0, 0.05) is 0 Å². The standard InChI is InChI=1S/3C5H5.3C2H5.3CO.4Mn/c3*1-2-4-5-3-1;6*1-2;;;;/h3*1-3H,4H2;3*1H2,2H3;;;;;;;/q;;;;;;;;;3*-1;+3. The van der Waals surface area contributed by atoms with Crippen LogP contribution in [0.5, 0.6) is 0 Å². The average Bonchev–Trinajstić information content (AvgIpc) is 3.56. The first kappa shape index (κ1) is 30.3. The Balaban J connectivity index is 0.000000388. The van der Waals surface area contributed by atoms with Gasteiger partial charge in [0.05, 0.1) is 0 Å². The monoisotopic (exact) mass is 586 g/mol. The summed E-state index contributed by atoms with van der Waals surface area (Å²) in [5.74, 6) is 0. The molecule has 0 aliphatic heterocycles. The van der Waals surface area contributed by atoms with Crippen LogP contribution in [0.3, 0.4) is 0 Å². The first-order valence-corrected chi connectivity index (χ1v) is 15.9. The fraction of sp³-hybridized carbons (Fsp3) is 0.375. The molecule has 7 heteroatoms. The van der Waals surface area contributed by atoms with Crippen LogP contribution in [0, 0.1) is 0 Å². The van der Waals surface area contributed by atoms with Crippen LogP contribution in [0.4, 0.5) is 0 Å². The molecule has 31 heavy (non-hydrogen) atoms. The van der Waals surface area contributed by atoms with Gasteiger partial charge in [-0.25, -0.2) is 0 Å². The number of allylic oxidation sites excluding steroid dienone is 12. The van der Waals surface area contributed by atoms with Gasteiger partial charge >= 0.3 is 210 Å². The molecule has 3 aliphatic rings. The Bertz CT molecular complexity index is 810. The fourth-order valence-electron chi connectivity index (χ4n) is 2.12. The average molecular weight is 586 g/mol. The first-order chi connectivity index (χ1) is 15.1. The summed E-state index contributed by atoms with van der Waals surface area (Å²) in [5, 5.41) is 3.95. The number of hydrogen-bond acceptors (Lipinski definition) is 3. The van der Waals surface area contributed by atoms with E-state index in [2.05, 4.69) is 75.5 Å². The summed E-state index contributed by atoms with van der Waals surface area (Å²) in [5.41, 5.74) is 0. The molecule has 0 radical (unpaired) electrons. The molecular formula is C24H30Mn4O3. The van der Waals surface area contributed by atoms with E-state index in [1.54, 1.807) is 13.4 Å². The summed E-state index contributed by atoms with van der Waals surface area (Å²) in [6.07, 6.45) is 23.5. The Kier molecular flexibility index (Phi) is 21.9. The third kappa shape index (κ3) is 17.5. The van der Waals surface area contributed by atoms with E-state index in [0.29, 0.717) is 0 Å². The van der Waals surface area contributed by atoms with Crippen molar-refractivity contribution in [3.05, 3.63) is 68.1 Å². The van der Waals surface area contributed by atoms with Gasteiger partial charge in [-0.15, -0.1) is 0 Å². The second kappa shape index (κ2) is 22.5. The van der Waals surface area contributed by atoms with Crippen molar-refractivity contribution in [1.29, 1.82) is 0 Å². The summed E-state index contributed by atoms with van der Waals surface area (Å²) in [4.78, 5) is 31.7. The van der Waals surface area contributed by atoms with Crippen molar-refractivity contribution in [2.45, 2.75) is 56.0 Å². The van der Waals surface area contributed by atoms with E-state index in [1.165, 1.54) is 49.6 Å². The molecule has 0 N–H and O–H groups in total. The zero-order chi connectivity index (χ0) is 23.2. The van der Waals surface area contributed by atoms with Crippen LogP contribution in [-0.4, -0.2) is 14.4 Å². The van der Waals surface area contributed by atoms with E-state index in [1.807, 2.05) is 0 Å². The van der Waals surface area contributed by atoms with E-state index in [-0.39, 0.29) is 0 Å². The maximum absolute atomic E-state index is 9.36. The van der Waals surface area contributed by atoms with E-state index in [0.717, 1.165) is 44.9 Å². The maximum atomic E-state index is 9.36. The minimum absolute atomic E-state index is 1.04. The second-order valence-electron chi connectivity index (χ2n) is 5.46. The van der Waals surface area contributed by atoms with Gasteiger partial charge in [-0.2, -0.15) is 0 Å². The van der Waals surface area contributed by atoms with Crippen molar-refractivity contribution in [3.8, 4) is 0 Å². The molecule has 0 amide bonds. The Morgan fingerprint density at radius 1 is 0.645 bits per heavy atom. The predicted molar refractivity (Wildman–Crippen MR) is 114 cm³/mol. The van der Waals surface area contributed by atoms with Gasteiger partial charge in [-0.05, 0) is 0 Å². The summed E-state index contributed by atoms with van der Waals surface area (Å²) in [7, 11) is 0. The molecule has 0 bridgehead atoms. The molecule has 172 valence electrons. The summed E-state index contributed by atoms with van der Waals surface area (Å²) in [6, 6.07) is 0. The molecule has 3 aliphatic carbocycles. The van der Waals surface area contributed by atoms with E-state index >= 15 is 0 Å². The second-order valence-corrected chi connectivity index (χ2v) is 13.1. The molecular weight excluding hydrogens is 556 g/mol. The molecule has 3 nitrogen and oxygen atoms in total. The van der Waals surface area contributed by atoms with Crippen molar-refractivity contribution in [1.82, 2.24) is 0 Å². The molecule has 0 atom stereocenters. The van der Waals surface area contributed by atoms with Crippen LogP contribution in [0.2, 0.25) is 16.0 Å². The Hall–Kier alpha value is -0.742. The normalized spacial score (nSPS) is 14.3. The topological polar surface area (TPSA) is 51.2 Å². The molecule has 0 saturated heterocycles. The number of hydrogen-bond donors (Lipinski definition) is 0. The van der Waals surface area contributed by atoms with Crippen LogP contribution in [0.1, 0.15) is 40.0 Å². The minimum atomic E-state index is -2.30. The van der Waals surface area contributed by atoms with Gasteiger partial charge in [0.15, 0.2) is 0 Å². The van der Waals surface area contributed by atoms with Crippen LogP contribution in [0.15, 0.2) is 68.1 Å². The Morgan fingerprint density at radius 2 is 0.935 bits per heavy atom. The summed E-state index contributed by atoms with van der Waals surface area (Å²) >= 11 is 0.821. The zero-order valence-corrected chi connectivity index (χ0v) is 22.9. The molecule has 0 spiro atoms. The molecule has 0 fully saturated rings. The van der Waals surface area contributed by atoms with Gasteiger partial charge in [0.2, 0.25) is 0 Å². The quantitative estimate of drug-likeness (QED) is 0.367. The van der Waals surface area contributed by atoms with Gasteiger partial charge in [-0.3, -0.25) is 0 Å². The van der Waals surface area contributed by atoms with Gasteiger partial charge < -0.3 is 0 Å². The molecule has 0 heterocycles. The van der Waals surface area contributed by atoms with Crippen molar-refractivity contribution in [2.24, 2.45) is 0 Å². The Morgan fingerprint density at radius 3 is 1.06 bits per heavy atom. The van der Waals surface area contributed by atoms with Crippen LogP contribution < -0.4 is 0 Å².